The van der Waals surface area contributed by atoms with Crippen LogP contribution in [0.1, 0.15) is 32.5 Å². The Bertz CT molecular complexity index is 1300. The summed E-state index contributed by atoms with van der Waals surface area (Å²) in [6.07, 6.45) is 0. The minimum absolute atomic E-state index is 0.297. The summed E-state index contributed by atoms with van der Waals surface area (Å²) in [5.74, 6) is -0.751. The topological polar surface area (TPSA) is 85.6 Å². The molecule has 4 rings (SSSR count). The van der Waals surface area contributed by atoms with Crippen molar-refractivity contribution >= 4 is 50.0 Å². The molecule has 0 aliphatic rings. The van der Waals surface area contributed by atoms with Crippen LogP contribution in [0.5, 0.6) is 0 Å². The number of aryl methyl sites for hydroxylation is 1. The van der Waals surface area contributed by atoms with E-state index >= 15 is 0 Å². The number of hydrogen-bond donors (Lipinski definition) is 1. The smallest absolute Gasteiger partial charge is 0.345 e. The second kappa shape index (κ2) is 7.52. The van der Waals surface area contributed by atoms with E-state index in [-0.39, 0.29) is 5.91 Å². The number of anilines is 1. The molecule has 6 nitrogen and oxygen atoms in total. The first-order chi connectivity index (χ1) is 14.0. The highest BCUT2D eigenvalue weighted by Crippen LogP contribution is 2.31. The van der Waals surface area contributed by atoms with Crippen LogP contribution < -0.4 is 10.9 Å². The van der Waals surface area contributed by atoms with Gasteiger partial charge in [0.25, 0.3) is 5.91 Å². The van der Waals surface area contributed by atoms with Crippen molar-refractivity contribution in [3.63, 3.8) is 0 Å². The molecular formula is C22H17NO5S. The standard InChI is InChI=1S/C22H17NO5S/c1-3-27-21(25)13-5-7-14(8-6-13)23-20(24)18-11-16-19(29-18)15-10-12(2)4-9-17(15)28-22(16)26/h4-11H,3H2,1-2H3,(H,23,24). The lowest BCUT2D eigenvalue weighted by atomic mass is 10.1. The van der Waals surface area contributed by atoms with E-state index in [9.17, 15) is 14.4 Å². The number of carbonyl (C=O) groups excluding carboxylic acids is 2. The molecule has 146 valence electrons. The summed E-state index contributed by atoms with van der Waals surface area (Å²) < 4.78 is 11.0. The van der Waals surface area contributed by atoms with Crippen LogP contribution in [-0.4, -0.2) is 18.5 Å². The largest absolute Gasteiger partial charge is 0.462 e. The summed E-state index contributed by atoms with van der Waals surface area (Å²) >= 11 is 1.25. The number of carbonyl (C=O) groups is 2. The van der Waals surface area contributed by atoms with Crippen LogP contribution in [0.2, 0.25) is 0 Å². The average molecular weight is 407 g/mol. The summed E-state index contributed by atoms with van der Waals surface area (Å²) in [5, 5.41) is 3.98. The van der Waals surface area contributed by atoms with Gasteiger partial charge in [0.2, 0.25) is 0 Å². The van der Waals surface area contributed by atoms with E-state index in [4.69, 9.17) is 9.15 Å². The monoisotopic (exact) mass is 407 g/mol. The number of fused-ring (bicyclic) bond motifs is 3. The van der Waals surface area contributed by atoms with E-state index in [0.717, 1.165) is 15.6 Å². The van der Waals surface area contributed by atoms with Gasteiger partial charge in [-0.3, -0.25) is 4.79 Å². The first-order valence-corrected chi connectivity index (χ1v) is 9.83. The van der Waals surface area contributed by atoms with E-state index in [1.807, 2.05) is 19.1 Å². The lowest BCUT2D eigenvalue weighted by molar-refractivity contribution is 0.0526. The van der Waals surface area contributed by atoms with Crippen LogP contribution in [0, 0.1) is 6.92 Å². The van der Waals surface area contributed by atoms with E-state index in [2.05, 4.69) is 5.32 Å². The van der Waals surface area contributed by atoms with Crippen LogP contribution >= 0.6 is 11.3 Å². The molecule has 0 spiro atoms. The van der Waals surface area contributed by atoms with E-state index in [0.29, 0.717) is 33.7 Å². The van der Waals surface area contributed by atoms with Gasteiger partial charge < -0.3 is 14.5 Å². The second-order valence-electron chi connectivity index (χ2n) is 6.49. The zero-order chi connectivity index (χ0) is 20.5. The van der Waals surface area contributed by atoms with Gasteiger partial charge in [-0.05, 0) is 56.3 Å². The van der Waals surface area contributed by atoms with Crippen LogP contribution in [-0.2, 0) is 4.74 Å². The van der Waals surface area contributed by atoms with E-state index in [1.165, 1.54) is 11.3 Å². The molecule has 0 saturated carbocycles. The molecule has 0 fully saturated rings. The minimum Gasteiger partial charge on any atom is -0.462 e. The van der Waals surface area contributed by atoms with Crippen LogP contribution in [0.3, 0.4) is 0 Å². The van der Waals surface area contributed by atoms with Gasteiger partial charge in [-0.15, -0.1) is 11.3 Å². The molecule has 4 aromatic rings. The van der Waals surface area contributed by atoms with Crippen LogP contribution in [0.15, 0.2) is 57.7 Å². The number of thiophene rings is 1. The predicted octanol–water partition coefficient (Wildman–Crippen LogP) is 4.75. The molecule has 0 atom stereocenters. The predicted molar refractivity (Wildman–Crippen MR) is 113 cm³/mol. The van der Waals surface area contributed by atoms with Gasteiger partial charge in [-0.25, -0.2) is 9.59 Å². The molecular weight excluding hydrogens is 390 g/mol. The van der Waals surface area contributed by atoms with Gasteiger partial charge in [0, 0.05) is 11.1 Å². The molecule has 2 aromatic heterocycles. The van der Waals surface area contributed by atoms with Gasteiger partial charge in [-0.1, -0.05) is 11.6 Å². The van der Waals surface area contributed by atoms with Gasteiger partial charge >= 0.3 is 11.6 Å². The second-order valence-corrected chi connectivity index (χ2v) is 7.55. The summed E-state index contributed by atoms with van der Waals surface area (Å²) in [4.78, 5) is 37.1. The normalized spacial score (nSPS) is 11.0. The Labute approximate surface area is 169 Å². The summed E-state index contributed by atoms with van der Waals surface area (Å²) in [7, 11) is 0. The molecule has 29 heavy (non-hydrogen) atoms. The van der Waals surface area contributed by atoms with E-state index < -0.39 is 11.6 Å². The number of hydrogen-bond acceptors (Lipinski definition) is 6. The summed E-state index contributed by atoms with van der Waals surface area (Å²) in [5.41, 5.74) is 2.01. The fraction of sp³-hybridized carbons (Fsp3) is 0.136. The number of benzene rings is 2. The molecule has 0 aliphatic heterocycles. The highest BCUT2D eigenvalue weighted by molar-refractivity contribution is 7.21. The SMILES string of the molecule is CCOC(=O)c1ccc(NC(=O)c2cc3c(=O)oc4ccc(C)cc4c3s2)cc1. The molecule has 0 saturated heterocycles. The molecule has 0 unspecified atom stereocenters. The molecule has 1 N–H and O–H groups in total. The number of amides is 1. The minimum atomic E-state index is -0.467. The molecule has 2 heterocycles. The Morgan fingerprint density at radius 1 is 1.07 bits per heavy atom. The highest BCUT2D eigenvalue weighted by atomic mass is 32.1. The number of esters is 1. The van der Waals surface area contributed by atoms with Crippen molar-refractivity contribution in [1.29, 1.82) is 0 Å². The third-order valence-electron chi connectivity index (χ3n) is 4.41. The molecule has 7 heteroatoms. The zero-order valence-electron chi connectivity index (χ0n) is 15.8. The average Bonchev–Trinajstić information content (AvgIpc) is 3.16. The van der Waals surface area contributed by atoms with Crippen molar-refractivity contribution in [2.24, 2.45) is 0 Å². The maximum Gasteiger partial charge on any atom is 0.345 e. The van der Waals surface area contributed by atoms with E-state index in [1.54, 1.807) is 43.3 Å². The van der Waals surface area contributed by atoms with Gasteiger partial charge in [0.1, 0.15) is 5.58 Å². The van der Waals surface area contributed by atoms with Crippen molar-refractivity contribution in [2.45, 2.75) is 13.8 Å². The first-order valence-electron chi connectivity index (χ1n) is 9.02. The quantitative estimate of drug-likeness (QED) is 0.390. The fourth-order valence-corrected chi connectivity index (χ4v) is 4.08. The zero-order valence-corrected chi connectivity index (χ0v) is 16.6. The first kappa shape index (κ1) is 18.9. The Morgan fingerprint density at radius 3 is 2.55 bits per heavy atom. The maximum absolute atomic E-state index is 12.7. The Kier molecular flexibility index (Phi) is 4.90. The van der Waals surface area contributed by atoms with Gasteiger partial charge in [0.05, 0.1) is 27.1 Å². The van der Waals surface area contributed by atoms with Crippen molar-refractivity contribution in [1.82, 2.24) is 0 Å². The molecule has 2 aromatic carbocycles. The van der Waals surface area contributed by atoms with Crippen LogP contribution in [0.4, 0.5) is 5.69 Å². The van der Waals surface area contributed by atoms with Crippen molar-refractivity contribution in [2.75, 3.05) is 11.9 Å². The van der Waals surface area contributed by atoms with Gasteiger partial charge in [-0.2, -0.15) is 0 Å². The highest BCUT2D eigenvalue weighted by Gasteiger charge is 2.16. The molecule has 0 bridgehead atoms. The number of nitrogens with one attached hydrogen (secondary N) is 1. The lowest BCUT2D eigenvalue weighted by Crippen LogP contribution is -2.10. The fourth-order valence-electron chi connectivity index (χ4n) is 3.02. The van der Waals surface area contributed by atoms with Crippen molar-refractivity contribution in [3.8, 4) is 0 Å². The number of rotatable bonds is 4. The summed E-state index contributed by atoms with van der Waals surface area (Å²) in [6, 6.07) is 13.6. The third-order valence-corrected chi connectivity index (χ3v) is 5.58. The third kappa shape index (κ3) is 3.64. The molecule has 1 amide bonds. The Morgan fingerprint density at radius 2 is 1.83 bits per heavy atom. The Hall–Kier alpha value is -3.45. The van der Waals surface area contributed by atoms with Crippen molar-refractivity contribution in [3.05, 3.63) is 75.0 Å². The van der Waals surface area contributed by atoms with Crippen molar-refractivity contribution < 1.29 is 18.7 Å². The number of ether oxygens (including phenoxy) is 1. The molecule has 0 aliphatic carbocycles. The van der Waals surface area contributed by atoms with Crippen LogP contribution in [0.25, 0.3) is 21.1 Å². The lowest BCUT2D eigenvalue weighted by Gasteiger charge is -2.05. The Balaban J connectivity index is 1.64. The molecule has 0 radical (unpaired) electrons. The summed E-state index contributed by atoms with van der Waals surface area (Å²) in [6.45, 7) is 3.99. The maximum atomic E-state index is 12.7. The van der Waals surface area contributed by atoms with Gasteiger partial charge in [0.15, 0.2) is 0 Å².